The number of hydrogen-bond acceptors (Lipinski definition) is 3. The molecule has 0 saturated heterocycles. The van der Waals surface area contributed by atoms with Crippen molar-refractivity contribution in [3.8, 4) is 0 Å². The summed E-state index contributed by atoms with van der Waals surface area (Å²) in [6, 6.07) is 0. The van der Waals surface area contributed by atoms with Gasteiger partial charge in [-0.3, -0.25) is 9.82 Å². The van der Waals surface area contributed by atoms with Crippen LogP contribution in [0.1, 0.15) is 25.1 Å². The molecule has 0 radical (unpaired) electrons. The van der Waals surface area contributed by atoms with Crippen LogP contribution in [0.2, 0.25) is 0 Å². The molecule has 0 fully saturated rings. The summed E-state index contributed by atoms with van der Waals surface area (Å²) in [6.45, 7) is 7.40. The third kappa shape index (κ3) is 3.23. The van der Waals surface area contributed by atoms with Crippen LogP contribution in [0.25, 0.3) is 0 Å². The first-order chi connectivity index (χ1) is 6.82. The van der Waals surface area contributed by atoms with Crippen LogP contribution in [0.15, 0.2) is 0 Å². The molecule has 0 amide bonds. The first-order valence-corrected chi connectivity index (χ1v) is 6.49. The Morgan fingerprint density at radius 2 is 2.00 bits per heavy atom. The lowest BCUT2D eigenvalue weighted by Crippen LogP contribution is -2.20. The Hall–Kier alpha value is -1.04. The number of rotatable bonds is 4. The summed E-state index contributed by atoms with van der Waals surface area (Å²) in [7, 11) is -3.28. The van der Waals surface area contributed by atoms with Crippen LogP contribution < -0.4 is 4.72 Å². The van der Waals surface area contributed by atoms with E-state index in [1.165, 1.54) is 0 Å². The lowest BCUT2D eigenvalue weighted by molar-refractivity contribution is 0.587. The van der Waals surface area contributed by atoms with E-state index in [9.17, 15) is 8.42 Å². The van der Waals surface area contributed by atoms with E-state index >= 15 is 0 Å². The van der Waals surface area contributed by atoms with Gasteiger partial charge in [0.1, 0.15) is 0 Å². The fraction of sp³-hybridized carbons (Fsp3) is 0.667. The largest absolute Gasteiger partial charge is 0.280 e. The second-order valence-electron chi connectivity index (χ2n) is 4.10. The summed E-state index contributed by atoms with van der Waals surface area (Å²) in [5.41, 5.74) is 1.71. The Morgan fingerprint density at radius 3 is 2.40 bits per heavy atom. The highest BCUT2D eigenvalue weighted by atomic mass is 32.2. The third-order valence-corrected chi connectivity index (χ3v) is 3.67. The minimum Gasteiger partial charge on any atom is -0.280 e. The standard InChI is InChI=1S/C9H17N3O2S/c1-6(2)5-15(13,14)12-9-7(3)8(4)10-11-9/h6H,5H2,1-4H3,(H2,10,11,12). The van der Waals surface area contributed by atoms with Gasteiger partial charge in [-0.15, -0.1) is 0 Å². The first-order valence-electron chi connectivity index (χ1n) is 4.84. The van der Waals surface area contributed by atoms with Crippen LogP contribution in [0.3, 0.4) is 0 Å². The van der Waals surface area contributed by atoms with Gasteiger partial charge in [0, 0.05) is 11.3 Å². The molecule has 5 nitrogen and oxygen atoms in total. The van der Waals surface area contributed by atoms with Crippen molar-refractivity contribution in [3.63, 3.8) is 0 Å². The van der Waals surface area contributed by atoms with Gasteiger partial charge in [-0.1, -0.05) is 13.8 Å². The number of aryl methyl sites for hydroxylation is 1. The average molecular weight is 231 g/mol. The zero-order valence-electron chi connectivity index (χ0n) is 9.46. The maximum absolute atomic E-state index is 11.6. The average Bonchev–Trinajstić information content (AvgIpc) is 2.33. The van der Waals surface area contributed by atoms with Crippen molar-refractivity contribution in [2.45, 2.75) is 27.7 Å². The van der Waals surface area contributed by atoms with Crippen LogP contribution in [0, 0.1) is 19.8 Å². The maximum atomic E-state index is 11.6. The molecule has 0 aromatic carbocycles. The number of H-pyrrole nitrogens is 1. The summed E-state index contributed by atoms with van der Waals surface area (Å²) in [5.74, 6) is 0.606. The molecule has 0 saturated carbocycles. The van der Waals surface area contributed by atoms with Gasteiger partial charge in [-0.2, -0.15) is 5.10 Å². The molecule has 0 spiro atoms. The zero-order chi connectivity index (χ0) is 11.6. The Balaban J connectivity index is 2.82. The Kier molecular flexibility index (Phi) is 3.38. The van der Waals surface area contributed by atoms with Crippen molar-refractivity contribution < 1.29 is 8.42 Å². The van der Waals surface area contributed by atoms with Gasteiger partial charge in [0.25, 0.3) is 0 Å². The van der Waals surface area contributed by atoms with Crippen LogP contribution in [0.5, 0.6) is 0 Å². The number of nitrogens with zero attached hydrogens (tertiary/aromatic N) is 1. The van der Waals surface area contributed by atoms with E-state index in [0.29, 0.717) is 5.82 Å². The lowest BCUT2D eigenvalue weighted by atomic mass is 10.3. The molecule has 1 aromatic heterocycles. The maximum Gasteiger partial charge on any atom is 0.234 e. The highest BCUT2D eigenvalue weighted by molar-refractivity contribution is 7.92. The van der Waals surface area contributed by atoms with Crippen molar-refractivity contribution in [3.05, 3.63) is 11.3 Å². The van der Waals surface area contributed by atoms with Crippen LogP contribution in [0.4, 0.5) is 5.82 Å². The molecule has 15 heavy (non-hydrogen) atoms. The Morgan fingerprint density at radius 1 is 1.40 bits per heavy atom. The van der Waals surface area contributed by atoms with E-state index < -0.39 is 10.0 Å². The van der Waals surface area contributed by atoms with Crippen molar-refractivity contribution in [2.24, 2.45) is 5.92 Å². The van der Waals surface area contributed by atoms with Crippen LogP contribution >= 0.6 is 0 Å². The molecule has 1 heterocycles. The van der Waals surface area contributed by atoms with Gasteiger partial charge in [-0.05, 0) is 19.8 Å². The van der Waals surface area contributed by atoms with Gasteiger partial charge in [0.2, 0.25) is 10.0 Å². The number of anilines is 1. The molecule has 0 aliphatic rings. The van der Waals surface area contributed by atoms with E-state index in [1.807, 2.05) is 27.7 Å². The topological polar surface area (TPSA) is 74.8 Å². The number of sulfonamides is 1. The molecule has 6 heteroatoms. The van der Waals surface area contributed by atoms with Gasteiger partial charge < -0.3 is 0 Å². The molecule has 0 aliphatic carbocycles. The van der Waals surface area contributed by atoms with Gasteiger partial charge >= 0.3 is 0 Å². The fourth-order valence-electron chi connectivity index (χ4n) is 1.21. The predicted molar refractivity (Wildman–Crippen MR) is 60.3 cm³/mol. The minimum atomic E-state index is -3.28. The molecular weight excluding hydrogens is 214 g/mol. The summed E-state index contributed by atoms with van der Waals surface area (Å²) < 4.78 is 25.7. The summed E-state index contributed by atoms with van der Waals surface area (Å²) in [5, 5.41) is 6.63. The predicted octanol–water partition coefficient (Wildman–Crippen LogP) is 1.42. The van der Waals surface area contributed by atoms with Gasteiger partial charge in [-0.25, -0.2) is 8.42 Å². The first kappa shape index (κ1) is 12.0. The fourth-order valence-corrected chi connectivity index (χ4v) is 2.67. The second kappa shape index (κ2) is 4.22. The number of nitrogens with one attached hydrogen (secondary N) is 2. The van der Waals surface area contributed by atoms with Gasteiger partial charge in [0.05, 0.1) is 5.75 Å². The second-order valence-corrected chi connectivity index (χ2v) is 5.87. The Bertz CT molecular complexity index is 434. The monoisotopic (exact) mass is 231 g/mol. The van der Waals surface area contributed by atoms with Crippen molar-refractivity contribution in [1.82, 2.24) is 10.2 Å². The quantitative estimate of drug-likeness (QED) is 0.823. The Labute approximate surface area is 90.3 Å². The molecule has 0 aliphatic heterocycles. The van der Waals surface area contributed by atoms with Crippen LogP contribution in [-0.4, -0.2) is 24.4 Å². The molecule has 1 rings (SSSR count). The van der Waals surface area contributed by atoms with Gasteiger partial charge in [0.15, 0.2) is 5.82 Å². The number of hydrogen-bond donors (Lipinski definition) is 2. The number of aromatic amines is 1. The highest BCUT2D eigenvalue weighted by Crippen LogP contribution is 2.15. The third-order valence-electron chi connectivity index (χ3n) is 2.06. The molecule has 1 aromatic rings. The smallest absolute Gasteiger partial charge is 0.234 e. The molecule has 0 bridgehead atoms. The van der Waals surface area contributed by atoms with E-state index in [4.69, 9.17) is 0 Å². The van der Waals surface area contributed by atoms with Crippen molar-refractivity contribution >= 4 is 15.8 Å². The molecule has 0 unspecified atom stereocenters. The molecule has 2 N–H and O–H groups in total. The molecule has 86 valence electrons. The van der Waals surface area contributed by atoms with E-state index in [-0.39, 0.29) is 11.7 Å². The van der Waals surface area contributed by atoms with E-state index in [0.717, 1.165) is 11.3 Å². The SMILES string of the molecule is Cc1[nH]nc(NS(=O)(=O)CC(C)C)c1C. The summed E-state index contributed by atoms with van der Waals surface area (Å²) in [4.78, 5) is 0. The van der Waals surface area contributed by atoms with Crippen molar-refractivity contribution in [2.75, 3.05) is 10.5 Å². The minimum absolute atomic E-state index is 0.0999. The summed E-state index contributed by atoms with van der Waals surface area (Å²) >= 11 is 0. The normalized spacial score (nSPS) is 12.1. The molecular formula is C9H17N3O2S. The lowest BCUT2D eigenvalue weighted by Gasteiger charge is -2.08. The zero-order valence-corrected chi connectivity index (χ0v) is 10.3. The summed E-state index contributed by atoms with van der Waals surface area (Å²) in [6.07, 6.45) is 0. The highest BCUT2D eigenvalue weighted by Gasteiger charge is 2.16. The van der Waals surface area contributed by atoms with Crippen molar-refractivity contribution in [1.29, 1.82) is 0 Å². The molecule has 0 atom stereocenters. The number of aromatic nitrogens is 2. The van der Waals surface area contributed by atoms with E-state index in [1.54, 1.807) is 0 Å². The van der Waals surface area contributed by atoms with Crippen LogP contribution in [-0.2, 0) is 10.0 Å². The van der Waals surface area contributed by atoms with E-state index in [2.05, 4.69) is 14.9 Å².